The Balaban J connectivity index is 0.000000567. The number of benzene rings is 1. The van der Waals surface area contributed by atoms with Gasteiger partial charge in [0, 0.05) is 0 Å². The number of amides is 1. The van der Waals surface area contributed by atoms with Crippen LogP contribution in [0.2, 0.25) is 0 Å². The molecule has 118 valence electrons. The van der Waals surface area contributed by atoms with E-state index in [4.69, 9.17) is 9.84 Å². The van der Waals surface area contributed by atoms with E-state index in [9.17, 15) is 9.59 Å². The van der Waals surface area contributed by atoms with Crippen LogP contribution in [0.3, 0.4) is 0 Å². The van der Waals surface area contributed by atoms with Crippen molar-refractivity contribution in [2.24, 2.45) is 5.41 Å². The zero-order valence-electron chi connectivity index (χ0n) is 13.2. The van der Waals surface area contributed by atoms with Crippen molar-refractivity contribution in [2.45, 2.75) is 40.7 Å². The van der Waals surface area contributed by atoms with Crippen LogP contribution in [0.4, 0.5) is 4.79 Å². The lowest BCUT2D eigenvalue weighted by Crippen LogP contribution is -2.29. The second-order valence-corrected chi connectivity index (χ2v) is 5.72. The zero-order chi connectivity index (χ0) is 16.3. The first-order valence-corrected chi connectivity index (χ1v) is 6.91. The molecule has 0 fully saturated rings. The van der Waals surface area contributed by atoms with Gasteiger partial charge >= 0.3 is 12.1 Å². The van der Waals surface area contributed by atoms with Crippen molar-refractivity contribution in [2.75, 3.05) is 6.54 Å². The Kier molecular flexibility index (Phi) is 8.85. The number of ether oxygens (including phenoxy) is 1. The molecule has 0 bridgehead atoms. The number of aliphatic carboxylic acids is 1. The average molecular weight is 295 g/mol. The van der Waals surface area contributed by atoms with Crippen molar-refractivity contribution >= 4 is 12.1 Å². The summed E-state index contributed by atoms with van der Waals surface area (Å²) in [6.07, 6.45) is 0.536. The smallest absolute Gasteiger partial charge is 0.407 e. The van der Waals surface area contributed by atoms with Crippen molar-refractivity contribution in [1.29, 1.82) is 0 Å². The molecule has 0 heterocycles. The molecule has 0 aliphatic carbocycles. The number of alkyl carbamates (subject to hydrolysis) is 1. The van der Waals surface area contributed by atoms with Crippen molar-refractivity contribution in [3.8, 4) is 0 Å². The molecule has 0 unspecified atom stereocenters. The monoisotopic (exact) mass is 295 g/mol. The van der Waals surface area contributed by atoms with Crippen LogP contribution >= 0.6 is 0 Å². The maximum absolute atomic E-state index is 10.9. The van der Waals surface area contributed by atoms with E-state index in [-0.39, 0.29) is 6.61 Å². The Hall–Kier alpha value is -2.04. The van der Waals surface area contributed by atoms with Crippen molar-refractivity contribution < 1.29 is 19.4 Å². The molecule has 0 atom stereocenters. The molecule has 0 radical (unpaired) electrons. The van der Waals surface area contributed by atoms with Gasteiger partial charge in [0.05, 0.1) is 0 Å². The van der Waals surface area contributed by atoms with E-state index >= 15 is 0 Å². The van der Waals surface area contributed by atoms with E-state index in [0.29, 0.717) is 5.41 Å². The van der Waals surface area contributed by atoms with Gasteiger partial charge in [0.2, 0.25) is 0 Å². The Morgan fingerprint density at radius 1 is 1.19 bits per heavy atom. The Morgan fingerprint density at radius 3 is 2.14 bits per heavy atom. The molecule has 1 aromatic rings. The normalized spacial score (nSPS) is 10.1. The highest BCUT2D eigenvalue weighted by molar-refractivity contribution is 5.76. The molecule has 0 saturated heterocycles. The van der Waals surface area contributed by atoms with E-state index in [1.165, 1.54) is 6.42 Å². The first-order valence-electron chi connectivity index (χ1n) is 6.91. The average Bonchev–Trinajstić information content (AvgIpc) is 2.44. The molecule has 0 aliphatic rings. The number of carboxylic acid groups (broad SMARTS) is 1. The number of hydrogen-bond donors (Lipinski definition) is 2. The number of carbonyl (C=O) groups is 2. The van der Waals surface area contributed by atoms with Crippen molar-refractivity contribution in [1.82, 2.24) is 5.32 Å². The lowest BCUT2D eigenvalue weighted by molar-refractivity contribution is -0.135. The van der Waals surface area contributed by atoms with Gasteiger partial charge in [-0.05, 0) is 11.0 Å². The molecule has 1 rings (SSSR count). The van der Waals surface area contributed by atoms with Crippen LogP contribution < -0.4 is 5.32 Å². The van der Waals surface area contributed by atoms with Gasteiger partial charge in [-0.15, -0.1) is 0 Å². The third-order valence-corrected chi connectivity index (χ3v) is 2.66. The molecule has 2 N–H and O–H groups in total. The van der Waals surface area contributed by atoms with Crippen LogP contribution in [0.1, 0.15) is 39.7 Å². The fraction of sp³-hybridized carbons (Fsp3) is 0.500. The number of carbonyl (C=O) groups excluding carboxylic acids is 1. The lowest BCUT2D eigenvalue weighted by atomic mass is 9.94. The number of rotatable bonds is 4. The van der Waals surface area contributed by atoms with Crippen molar-refractivity contribution in [3.05, 3.63) is 35.9 Å². The number of hydrogen-bond acceptors (Lipinski definition) is 3. The van der Waals surface area contributed by atoms with Crippen LogP contribution in [-0.2, 0) is 16.1 Å². The second kappa shape index (κ2) is 9.80. The Bertz CT molecular complexity index is 424. The van der Waals surface area contributed by atoms with E-state index < -0.39 is 18.6 Å². The van der Waals surface area contributed by atoms with E-state index in [1.807, 2.05) is 30.3 Å². The summed E-state index contributed by atoms with van der Waals surface area (Å²) < 4.78 is 4.77. The molecule has 5 nitrogen and oxygen atoms in total. The van der Waals surface area contributed by atoms with Gasteiger partial charge in [-0.25, -0.2) is 4.79 Å². The number of carboxylic acids is 1. The highest BCUT2D eigenvalue weighted by Gasteiger charge is 2.04. The maximum Gasteiger partial charge on any atom is 0.407 e. The zero-order valence-corrected chi connectivity index (χ0v) is 13.2. The molecule has 0 aliphatic heterocycles. The van der Waals surface area contributed by atoms with Gasteiger partial charge < -0.3 is 15.2 Å². The van der Waals surface area contributed by atoms with E-state index in [0.717, 1.165) is 5.56 Å². The fourth-order valence-electron chi connectivity index (χ4n) is 0.922. The largest absolute Gasteiger partial charge is 0.480 e. The predicted molar refractivity (Wildman–Crippen MR) is 82.0 cm³/mol. The van der Waals surface area contributed by atoms with Gasteiger partial charge in [-0.1, -0.05) is 64.4 Å². The highest BCUT2D eigenvalue weighted by atomic mass is 16.5. The number of nitrogens with one attached hydrogen (secondary N) is 1. The van der Waals surface area contributed by atoms with E-state index in [1.54, 1.807) is 0 Å². The van der Waals surface area contributed by atoms with Gasteiger partial charge in [-0.2, -0.15) is 0 Å². The molecule has 1 aromatic carbocycles. The maximum atomic E-state index is 10.9. The van der Waals surface area contributed by atoms with E-state index in [2.05, 4.69) is 33.0 Å². The summed E-state index contributed by atoms with van der Waals surface area (Å²) in [4.78, 5) is 21.0. The minimum absolute atomic E-state index is 0.131. The molecule has 0 saturated carbocycles. The standard InChI is InChI=1S/C10H11NO4.C6H14/c12-9(13)6-11-10(14)15-7-8-4-2-1-3-5-8;1-5-6(2,3)4/h1-5H,6-7H2,(H,11,14)(H,12,13);5H2,1-4H3. The Morgan fingerprint density at radius 2 is 1.71 bits per heavy atom. The molecule has 0 spiro atoms. The van der Waals surface area contributed by atoms with Crippen LogP contribution in [0, 0.1) is 5.41 Å². The predicted octanol–water partition coefficient (Wildman–Crippen LogP) is 3.44. The van der Waals surface area contributed by atoms with Gasteiger partial charge in [0.1, 0.15) is 13.2 Å². The Labute approximate surface area is 126 Å². The minimum atomic E-state index is -1.10. The lowest BCUT2D eigenvalue weighted by Gasteiger charge is -2.12. The summed E-state index contributed by atoms with van der Waals surface area (Å²) in [5, 5.41) is 10.4. The molecular weight excluding hydrogens is 270 g/mol. The first kappa shape index (κ1) is 19.0. The van der Waals surface area contributed by atoms with Crippen LogP contribution in [0.5, 0.6) is 0 Å². The molecule has 21 heavy (non-hydrogen) atoms. The molecule has 1 amide bonds. The summed E-state index contributed by atoms with van der Waals surface area (Å²) in [7, 11) is 0. The van der Waals surface area contributed by atoms with Crippen LogP contribution in [0.25, 0.3) is 0 Å². The highest BCUT2D eigenvalue weighted by Crippen LogP contribution is 2.16. The second-order valence-electron chi connectivity index (χ2n) is 5.72. The summed E-state index contributed by atoms with van der Waals surface area (Å²) in [6.45, 7) is 8.63. The van der Waals surface area contributed by atoms with Gasteiger partial charge in [0.15, 0.2) is 0 Å². The van der Waals surface area contributed by atoms with Crippen molar-refractivity contribution in [3.63, 3.8) is 0 Å². The third kappa shape index (κ3) is 12.7. The third-order valence-electron chi connectivity index (χ3n) is 2.66. The van der Waals surface area contributed by atoms with Gasteiger partial charge in [0.25, 0.3) is 0 Å². The minimum Gasteiger partial charge on any atom is -0.480 e. The summed E-state index contributed by atoms with van der Waals surface area (Å²) in [5.41, 5.74) is 1.39. The summed E-state index contributed by atoms with van der Waals surface area (Å²) >= 11 is 0. The fourth-order valence-corrected chi connectivity index (χ4v) is 0.922. The summed E-state index contributed by atoms with van der Waals surface area (Å²) in [6, 6.07) is 9.13. The molecule has 5 heteroatoms. The van der Waals surface area contributed by atoms with Crippen LogP contribution in [-0.4, -0.2) is 23.7 Å². The van der Waals surface area contributed by atoms with Gasteiger partial charge in [-0.3, -0.25) is 4.79 Å². The molecule has 0 aromatic heterocycles. The topological polar surface area (TPSA) is 75.6 Å². The molecular formula is C16H25NO4. The summed E-state index contributed by atoms with van der Waals surface area (Å²) in [5.74, 6) is -1.10. The quantitative estimate of drug-likeness (QED) is 0.892. The van der Waals surface area contributed by atoms with Crippen LogP contribution in [0.15, 0.2) is 30.3 Å². The first-order chi connectivity index (χ1) is 9.74. The SMILES string of the molecule is CCC(C)(C)C.O=C(O)CNC(=O)OCc1ccccc1.